The van der Waals surface area contributed by atoms with E-state index in [9.17, 15) is 4.79 Å². The fourth-order valence-corrected chi connectivity index (χ4v) is 2.64. The molecule has 0 aromatic carbocycles. The van der Waals surface area contributed by atoms with E-state index in [0.29, 0.717) is 0 Å². The number of azide groups is 1. The third-order valence-corrected chi connectivity index (χ3v) is 3.36. The molecule has 0 N–H and O–H groups in total. The Kier molecular flexibility index (Phi) is 4.93. The van der Waals surface area contributed by atoms with Gasteiger partial charge in [0.1, 0.15) is 18.3 Å². The number of nitrogens with zero attached hydrogens (tertiary/aromatic N) is 3. The van der Waals surface area contributed by atoms with Crippen LogP contribution in [0.2, 0.25) is 0 Å². The van der Waals surface area contributed by atoms with Crippen LogP contribution in [0.4, 0.5) is 0 Å². The van der Waals surface area contributed by atoms with Gasteiger partial charge in [-0.05, 0) is 33.2 Å². The van der Waals surface area contributed by atoms with Crippen LogP contribution in [-0.4, -0.2) is 55.6 Å². The second-order valence-corrected chi connectivity index (χ2v) is 5.90. The molecule has 2 rings (SSSR count). The SMILES string of the molecule is CO[C@@H]1O[C@H]([C@@H](N=[N+]=[N-])C(=O)OC(C)C)[C@H]2OC(C)(C)O[C@@H]12. The Morgan fingerprint density at radius 2 is 1.95 bits per heavy atom. The standard InChI is InChI=1S/C13H21N3O6/c1-6(2)19-11(17)7(15-16-14)8-9-10(12(18-5)20-8)22-13(3,4)21-9/h6-10,12H,1-5H3/t7-,8-,9-,10-,12-/m1/s1. The topological polar surface area (TPSA) is 112 Å². The lowest BCUT2D eigenvalue weighted by atomic mass is 10.0. The molecule has 2 saturated heterocycles. The lowest BCUT2D eigenvalue weighted by Gasteiger charge is -2.26. The van der Waals surface area contributed by atoms with Crippen molar-refractivity contribution in [1.82, 2.24) is 0 Å². The summed E-state index contributed by atoms with van der Waals surface area (Å²) in [5, 5.41) is 3.53. The Balaban J connectivity index is 2.24. The van der Waals surface area contributed by atoms with E-state index in [1.165, 1.54) is 7.11 Å². The lowest BCUT2D eigenvalue weighted by Crippen LogP contribution is -2.43. The Bertz CT molecular complexity index is 476. The van der Waals surface area contributed by atoms with Gasteiger partial charge in [0, 0.05) is 12.0 Å². The minimum absolute atomic E-state index is 0.337. The van der Waals surface area contributed by atoms with Crippen LogP contribution in [0, 0.1) is 0 Å². The van der Waals surface area contributed by atoms with Crippen LogP contribution in [0.1, 0.15) is 27.7 Å². The van der Waals surface area contributed by atoms with Gasteiger partial charge in [-0.2, -0.15) is 0 Å². The van der Waals surface area contributed by atoms with Gasteiger partial charge in [0.2, 0.25) is 0 Å². The molecule has 0 saturated carbocycles. The first-order chi connectivity index (χ1) is 10.3. The van der Waals surface area contributed by atoms with Crippen molar-refractivity contribution in [3.05, 3.63) is 10.4 Å². The van der Waals surface area contributed by atoms with E-state index in [1.54, 1.807) is 27.7 Å². The highest BCUT2D eigenvalue weighted by Crippen LogP contribution is 2.40. The van der Waals surface area contributed by atoms with Crippen molar-refractivity contribution in [3.8, 4) is 0 Å². The number of hydrogen-bond acceptors (Lipinski definition) is 7. The molecular weight excluding hydrogens is 294 g/mol. The molecule has 9 nitrogen and oxygen atoms in total. The second kappa shape index (κ2) is 6.39. The van der Waals surface area contributed by atoms with Crippen LogP contribution < -0.4 is 0 Å². The minimum atomic E-state index is -1.17. The summed E-state index contributed by atoms with van der Waals surface area (Å²) in [4.78, 5) is 14.9. The van der Waals surface area contributed by atoms with E-state index in [1.807, 2.05) is 0 Å². The highest BCUT2D eigenvalue weighted by molar-refractivity contribution is 5.77. The summed E-state index contributed by atoms with van der Waals surface area (Å²) in [5.74, 6) is -1.50. The molecule has 2 fully saturated rings. The van der Waals surface area contributed by atoms with Gasteiger partial charge in [-0.3, -0.25) is 4.79 Å². The van der Waals surface area contributed by atoms with Crippen LogP contribution >= 0.6 is 0 Å². The fraction of sp³-hybridized carbons (Fsp3) is 0.923. The first-order valence-corrected chi connectivity index (χ1v) is 7.07. The van der Waals surface area contributed by atoms with Crippen LogP contribution in [0.3, 0.4) is 0 Å². The van der Waals surface area contributed by atoms with Gasteiger partial charge in [0.05, 0.1) is 6.10 Å². The largest absolute Gasteiger partial charge is 0.463 e. The van der Waals surface area contributed by atoms with Gasteiger partial charge in [-0.1, -0.05) is 5.11 Å². The number of carbonyl (C=O) groups is 1. The van der Waals surface area contributed by atoms with Crippen LogP contribution in [0.25, 0.3) is 10.4 Å². The Hall–Kier alpha value is -1.38. The molecule has 22 heavy (non-hydrogen) atoms. The summed E-state index contributed by atoms with van der Waals surface area (Å²) in [5.41, 5.74) is 8.74. The molecule has 0 aromatic heterocycles. The van der Waals surface area contributed by atoms with E-state index in [0.717, 1.165) is 0 Å². The summed E-state index contributed by atoms with van der Waals surface area (Å²) in [7, 11) is 1.47. The number of ether oxygens (including phenoxy) is 5. The number of rotatable bonds is 5. The first kappa shape index (κ1) is 17.0. The van der Waals surface area contributed by atoms with Crippen molar-refractivity contribution in [2.75, 3.05) is 7.11 Å². The molecular formula is C13H21N3O6. The average molecular weight is 315 g/mol. The molecule has 2 heterocycles. The summed E-state index contributed by atoms with van der Waals surface area (Å²) in [6.07, 6.45) is -2.97. The predicted molar refractivity (Wildman–Crippen MR) is 73.7 cm³/mol. The van der Waals surface area contributed by atoms with Gasteiger partial charge in [0.15, 0.2) is 18.1 Å². The zero-order valence-corrected chi connectivity index (χ0v) is 13.3. The number of carbonyl (C=O) groups excluding carboxylic acids is 1. The first-order valence-electron chi connectivity index (χ1n) is 7.07. The number of fused-ring (bicyclic) bond motifs is 1. The predicted octanol–water partition coefficient (Wildman–Crippen LogP) is 1.51. The van der Waals surface area contributed by atoms with E-state index < -0.39 is 42.4 Å². The van der Waals surface area contributed by atoms with Crippen molar-refractivity contribution in [2.24, 2.45) is 5.11 Å². The Labute approximate surface area is 128 Å². The third-order valence-electron chi connectivity index (χ3n) is 3.36. The lowest BCUT2D eigenvalue weighted by molar-refractivity contribution is -0.230. The number of hydrogen-bond donors (Lipinski definition) is 0. The van der Waals surface area contributed by atoms with Gasteiger partial charge in [-0.15, -0.1) is 0 Å². The second-order valence-electron chi connectivity index (χ2n) is 5.90. The normalized spacial score (nSPS) is 34.1. The van der Waals surface area contributed by atoms with Gasteiger partial charge in [-0.25, -0.2) is 0 Å². The maximum Gasteiger partial charge on any atom is 0.317 e. The zero-order valence-electron chi connectivity index (χ0n) is 13.3. The Morgan fingerprint density at radius 3 is 2.50 bits per heavy atom. The molecule has 0 aromatic rings. The van der Waals surface area contributed by atoms with Crippen LogP contribution in [-0.2, 0) is 28.5 Å². The minimum Gasteiger partial charge on any atom is -0.463 e. The highest BCUT2D eigenvalue weighted by atomic mass is 16.8. The molecule has 0 aliphatic carbocycles. The monoisotopic (exact) mass is 315 g/mol. The fourth-order valence-electron chi connectivity index (χ4n) is 2.64. The summed E-state index contributed by atoms with van der Waals surface area (Å²) < 4.78 is 27.5. The number of esters is 1. The van der Waals surface area contributed by atoms with Crippen molar-refractivity contribution in [3.63, 3.8) is 0 Å². The smallest absolute Gasteiger partial charge is 0.317 e. The molecule has 2 aliphatic rings. The van der Waals surface area contributed by atoms with E-state index >= 15 is 0 Å². The summed E-state index contributed by atoms with van der Waals surface area (Å²) in [6.45, 7) is 6.92. The Morgan fingerprint density at radius 1 is 1.32 bits per heavy atom. The molecule has 124 valence electrons. The third kappa shape index (κ3) is 3.34. The zero-order chi connectivity index (χ0) is 16.5. The van der Waals surface area contributed by atoms with Crippen LogP contribution in [0.5, 0.6) is 0 Å². The maximum atomic E-state index is 12.2. The molecule has 5 atom stereocenters. The van der Waals surface area contributed by atoms with Crippen molar-refractivity contribution < 1.29 is 28.5 Å². The van der Waals surface area contributed by atoms with E-state index in [4.69, 9.17) is 29.2 Å². The van der Waals surface area contributed by atoms with Crippen LogP contribution in [0.15, 0.2) is 5.11 Å². The number of methoxy groups -OCH3 is 1. The van der Waals surface area contributed by atoms with Crippen molar-refractivity contribution in [1.29, 1.82) is 0 Å². The quantitative estimate of drug-likeness (QED) is 0.329. The van der Waals surface area contributed by atoms with E-state index in [2.05, 4.69) is 10.0 Å². The molecule has 0 radical (unpaired) electrons. The molecule has 0 amide bonds. The van der Waals surface area contributed by atoms with Crippen molar-refractivity contribution in [2.45, 2.75) is 70.2 Å². The van der Waals surface area contributed by atoms with Crippen molar-refractivity contribution >= 4 is 5.97 Å². The molecule has 0 bridgehead atoms. The maximum absolute atomic E-state index is 12.2. The van der Waals surface area contributed by atoms with Gasteiger partial charge < -0.3 is 23.7 Å². The highest BCUT2D eigenvalue weighted by Gasteiger charge is 2.58. The molecule has 2 aliphatic heterocycles. The van der Waals surface area contributed by atoms with Gasteiger partial charge in [0.25, 0.3) is 0 Å². The summed E-state index contributed by atoms with van der Waals surface area (Å²) in [6, 6.07) is -1.17. The molecule has 9 heteroatoms. The molecule has 0 unspecified atom stereocenters. The molecule has 0 spiro atoms. The summed E-state index contributed by atoms with van der Waals surface area (Å²) >= 11 is 0. The van der Waals surface area contributed by atoms with E-state index in [-0.39, 0.29) is 6.10 Å². The van der Waals surface area contributed by atoms with Gasteiger partial charge >= 0.3 is 5.97 Å². The average Bonchev–Trinajstić information content (AvgIpc) is 2.88.